The highest BCUT2D eigenvalue weighted by molar-refractivity contribution is 5.94. The number of hydrogen-bond donors (Lipinski definition) is 1. The van der Waals surface area contributed by atoms with E-state index in [4.69, 9.17) is 9.84 Å². The van der Waals surface area contributed by atoms with E-state index in [1.165, 1.54) is 12.8 Å². The summed E-state index contributed by atoms with van der Waals surface area (Å²) in [6.07, 6.45) is 2.43. The maximum atomic E-state index is 12.5. The summed E-state index contributed by atoms with van der Waals surface area (Å²) in [5.41, 5.74) is 0.554. The highest BCUT2D eigenvalue weighted by Crippen LogP contribution is 2.29. The van der Waals surface area contributed by atoms with E-state index in [9.17, 15) is 9.59 Å². The quantitative estimate of drug-likeness (QED) is 0.802. The van der Waals surface area contributed by atoms with Crippen LogP contribution in [0.15, 0.2) is 24.3 Å². The lowest BCUT2D eigenvalue weighted by Crippen LogP contribution is -2.38. The molecule has 0 aromatic heterocycles. The van der Waals surface area contributed by atoms with Crippen LogP contribution in [0, 0.1) is 5.92 Å². The lowest BCUT2D eigenvalue weighted by Gasteiger charge is -2.26. The average molecular weight is 305 g/mol. The number of rotatable bonds is 8. The molecule has 5 heteroatoms. The van der Waals surface area contributed by atoms with Gasteiger partial charge in [-0.05, 0) is 56.9 Å². The fraction of sp³-hybridized carbons (Fsp3) is 0.529. The van der Waals surface area contributed by atoms with Gasteiger partial charge in [-0.1, -0.05) is 0 Å². The molecule has 22 heavy (non-hydrogen) atoms. The Balaban J connectivity index is 1.97. The highest BCUT2D eigenvalue weighted by atomic mass is 16.5. The third-order valence-corrected chi connectivity index (χ3v) is 3.73. The Bertz CT molecular complexity index is 520. The Morgan fingerprint density at radius 1 is 1.27 bits per heavy atom. The van der Waals surface area contributed by atoms with Gasteiger partial charge < -0.3 is 14.7 Å². The minimum absolute atomic E-state index is 0.0438. The molecule has 0 heterocycles. The van der Waals surface area contributed by atoms with Gasteiger partial charge in [0.15, 0.2) is 0 Å². The van der Waals surface area contributed by atoms with Crippen molar-refractivity contribution in [2.24, 2.45) is 5.92 Å². The number of benzene rings is 1. The molecular weight excluding hydrogens is 282 g/mol. The van der Waals surface area contributed by atoms with Gasteiger partial charge in [0.1, 0.15) is 5.75 Å². The molecule has 0 atom stereocenters. The molecule has 0 radical (unpaired) electrons. The smallest absolute Gasteiger partial charge is 0.305 e. The molecule has 1 amide bonds. The number of ether oxygens (including phenoxy) is 1. The minimum Gasteiger partial charge on any atom is -0.493 e. The summed E-state index contributed by atoms with van der Waals surface area (Å²) in [6, 6.07) is 7.02. The SMILES string of the molecule is CC(C)N(CCC(=O)O)C(=O)c1ccc(OCC2CC2)cc1. The third kappa shape index (κ3) is 4.76. The number of aliphatic carboxylic acids is 1. The first-order valence-corrected chi connectivity index (χ1v) is 7.73. The maximum Gasteiger partial charge on any atom is 0.305 e. The summed E-state index contributed by atoms with van der Waals surface area (Å²) >= 11 is 0. The van der Waals surface area contributed by atoms with Crippen LogP contribution in [0.25, 0.3) is 0 Å². The molecule has 2 rings (SSSR count). The van der Waals surface area contributed by atoms with E-state index in [2.05, 4.69) is 0 Å². The second kappa shape index (κ2) is 7.29. The molecule has 1 aromatic carbocycles. The maximum absolute atomic E-state index is 12.5. The highest BCUT2D eigenvalue weighted by Gasteiger charge is 2.22. The summed E-state index contributed by atoms with van der Waals surface area (Å²) in [5.74, 6) is 0.408. The Morgan fingerprint density at radius 3 is 2.41 bits per heavy atom. The van der Waals surface area contributed by atoms with Crippen LogP contribution in [0.1, 0.15) is 43.5 Å². The van der Waals surface area contributed by atoms with Crippen molar-refractivity contribution in [1.82, 2.24) is 4.90 Å². The first kappa shape index (κ1) is 16.3. The van der Waals surface area contributed by atoms with E-state index in [1.54, 1.807) is 29.2 Å². The van der Waals surface area contributed by atoms with Crippen molar-refractivity contribution in [2.45, 2.75) is 39.2 Å². The van der Waals surface area contributed by atoms with Crippen molar-refractivity contribution in [2.75, 3.05) is 13.2 Å². The molecule has 0 bridgehead atoms. The zero-order chi connectivity index (χ0) is 16.1. The molecule has 1 aliphatic rings. The Hall–Kier alpha value is -2.04. The summed E-state index contributed by atoms with van der Waals surface area (Å²) in [7, 11) is 0. The molecule has 0 aliphatic heterocycles. The first-order chi connectivity index (χ1) is 10.5. The van der Waals surface area contributed by atoms with Gasteiger partial charge in [-0.25, -0.2) is 0 Å². The monoisotopic (exact) mass is 305 g/mol. The second-order valence-corrected chi connectivity index (χ2v) is 6.01. The summed E-state index contributed by atoms with van der Waals surface area (Å²) in [4.78, 5) is 24.8. The van der Waals surface area contributed by atoms with Crippen LogP contribution in [0.4, 0.5) is 0 Å². The Morgan fingerprint density at radius 2 is 1.91 bits per heavy atom. The van der Waals surface area contributed by atoms with Crippen LogP contribution in [0.5, 0.6) is 5.75 Å². The van der Waals surface area contributed by atoms with Gasteiger partial charge in [0.2, 0.25) is 0 Å². The van der Waals surface area contributed by atoms with Crippen LogP contribution >= 0.6 is 0 Å². The van der Waals surface area contributed by atoms with E-state index in [-0.39, 0.29) is 24.9 Å². The van der Waals surface area contributed by atoms with Gasteiger partial charge in [0, 0.05) is 18.2 Å². The van der Waals surface area contributed by atoms with Crippen molar-refractivity contribution >= 4 is 11.9 Å². The molecule has 1 aliphatic carbocycles. The van der Waals surface area contributed by atoms with Crippen molar-refractivity contribution in [3.05, 3.63) is 29.8 Å². The minimum atomic E-state index is -0.901. The summed E-state index contributed by atoms with van der Waals surface area (Å²) in [5, 5.41) is 8.79. The Kier molecular flexibility index (Phi) is 5.41. The summed E-state index contributed by atoms with van der Waals surface area (Å²) in [6.45, 7) is 4.72. The fourth-order valence-electron chi connectivity index (χ4n) is 2.17. The zero-order valence-corrected chi connectivity index (χ0v) is 13.1. The molecular formula is C17H23NO4. The van der Waals surface area contributed by atoms with Gasteiger partial charge in [0.05, 0.1) is 13.0 Å². The molecule has 1 N–H and O–H groups in total. The van der Waals surface area contributed by atoms with Crippen molar-refractivity contribution < 1.29 is 19.4 Å². The van der Waals surface area contributed by atoms with Crippen LogP contribution < -0.4 is 4.74 Å². The van der Waals surface area contributed by atoms with Crippen molar-refractivity contribution in [3.63, 3.8) is 0 Å². The number of carboxylic acid groups (broad SMARTS) is 1. The molecule has 1 aromatic rings. The van der Waals surface area contributed by atoms with E-state index in [0.717, 1.165) is 12.4 Å². The van der Waals surface area contributed by atoms with Crippen molar-refractivity contribution in [1.29, 1.82) is 0 Å². The van der Waals surface area contributed by atoms with E-state index < -0.39 is 5.97 Å². The largest absolute Gasteiger partial charge is 0.493 e. The predicted octanol–water partition coefficient (Wildman–Crippen LogP) is 2.80. The van der Waals surface area contributed by atoms with Crippen molar-refractivity contribution in [3.8, 4) is 5.75 Å². The van der Waals surface area contributed by atoms with E-state index >= 15 is 0 Å². The van der Waals surface area contributed by atoms with Crippen LogP contribution in [0.3, 0.4) is 0 Å². The lowest BCUT2D eigenvalue weighted by atomic mass is 10.1. The number of amides is 1. The number of carbonyl (C=O) groups is 2. The topological polar surface area (TPSA) is 66.8 Å². The Labute approximate surface area is 130 Å². The molecule has 1 saturated carbocycles. The zero-order valence-electron chi connectivity index (χ0n) is 13.1. The van der Waals surface area contributed by atoms with E-state index in [1.807, 2.05) is 13.8 Å². The number of carbonyl (C=O) groups excluding carboxylic acids is 1. The molecule has 5 nitrogen and oxygen atoms in total. The first-order valence-electron chi connectivity index (χ1n) is 7.73. The molecule has 0 unspecified atom stereocenters. The predicted molar refractivity (Wildman–Crippen MR) is 83.1 cm³/mol. The third-order valence-electron chi connectivity index (χ3n) is 3.73. The van der Waals surface area contributed by atoms with Gasteiger partial charge in [-0.15, -0.1) is 0 Å². The van der Waals surface area contributed by atoms with Gasteiger partial charge in [-0.3, -0.25) is 9.59 Å². The van der Waals surface area contributed by atoms with Crippen LogP contribution in [-0.2, 0) is 4.79 Å². The molecule has 1 fully saturated rings. The lowest BCUT2D eigenvalue weighted by molar-refractivity contribution is -0.137. The van der Waals surface area contributed by atoms with E-state index in [0.29, 0.717) is 11.5 Å². The number of carboxylic acids is 1. The fourth-order valence-corrected chi connectivity index (χ4v) is 2.17. The van der Waals surface area contributed by atoms with Crippen LogP contribution in [0.2, 0.25) is 0 Å². The average Bonchev–Trinajstić information content (AvgIpc) is 3.29. The van der Waals surface area contributed by atoms with Crippen LogP contribution in [-0.4, -0.2) is 41.1 Å². The van der Waals surface area contributed by atoms with Gasteiger partial charge in [0.25, 0.3) is 5.91 Å². The second-order valence-electron chi connectivity index (χ2n) is 6.01. The summed E-state index contributed by atoms with van der Waals surface area (Å²) < 4.78 is 5.65. The number of nitrogens with zero attached hydrogens (tertiary/aromatic N) is 1. The molecule has 0 saturated heterocycles. The van der Waals surface area contributed by atoms with Gasteiger partial charge in [-0.2, -0.15) is 0 Å². The standard InChI is InChI=1S/C17H23NO4/c1-12(2)18(10-9-16(19)20)17(21)14-5-7-15(8-6-14)22-11-13-3-4-13/h5-8,12-13H,3-4,9-11H2,1-2H3,(H,19,20). The number of hydrogen-bond acceptors (Lipinski definition) is 3. The molecule has 120 valence electrons. The van der Waals surface area contributed by atoms with Gasteiger partial charge >= 0.3 is 5.97 Å². The molecule has 0 spiro atoms. The normalized spacial score (nSPS) is 14.0.